The smallest absolute Gasteiger partial charge is 0.121 e. The Kier molecular flexibility index (Phi) is 5.26. The molecule has 70 valence electrons. The van der Waals surface area contributed by atoms with E-state index in [1.54, 1.807) is 6.92 Å². The molecule has 0 amide bonds. The van der Waals surface area contributed by atoms with Gasteiger partial charge in [-0.1, -0.05) is 40.9 Å². The highest BCUT2D eigenvalue weighted by molar-refractivity contribution is 6.59. The van der Waals surface area contributed by atoms with Crippen LogP contribution < -0.4 is 0 Å². The van der Waals surface area contributed by atoms with Crippen LogP contribution in [0.2, 0.25) is 0 Å². The lowest BCUT2D eigenvalue weighted by atomic mass is 10.0. The van der Waals surface area contributed by atoms with Crippen LogP contribution in [-0.2, 0) is 0 Å². The van der Waals surface area contributed by atoms with Gasteiger partial charge >= 0.3 is 0 Å². The molecule has 1 atom stereocenters. The molecule has 1 nitrogen and oxygen atoms in total. The monoisotopic (exact) mass is 228 g/mol. The molecule has 0 aromatic carbocycles. The van der Waals surface area contributed by atoms with Crippen molar-refractivity contribution >= 4 is 34.8 Å². The van der Waals surface area contributed by atoms with Gasteiger partial charge in [0.15, 0.2) is 0 Å². The van der Waals surface area contributed by atoms with Gasteiger partial charge in [-0.3, -0.25) is 0 Å². The van der Waals surface area contributed by atoms with Gasteiger partial charge in [-0.2, -0.15) is 0 Å². The van der Waals surface area contributed by atoms with Gasteiger partial charge in [0.2, 0.25) is 0 Å². The molecule has 0 fully saturated rings. The molecule has 0 saturated heterocycles. The largest absolute Gasteiger partial charge is 0.386 e. The SMILES string of the molecule is C=CC(C)(O)CCC(Cl)=C(Cl)Cl. The normalized spacial score (nSPS) is 15.1. The molecule has 0 radical (unpaired) electrons. The number of halogens is 3. The van der Waals surface area contributed by atoms with E-state index in [0.717, 1.165) is 0 Å². The molecule has 0 bridgehead atoms. The van der Waals surface area contributed by atoms with Crippen LogP contribution in [0.1, 0.15) is 19.8 Å². The summed E-state index contributed by atoms with van der Waals surface area (Å²) in [5, 5.41) is 9.83. The van der Waals surface area contributed by atoms with Crippen molar-refractivity contribution in [2.45, 2.75) is 25.4 Å². The number of hydrogen-bond acceptors (Lipinski definition) is 1. The van der Waals surface area contributed by atoms with E-state index in [1.165, 1.54) is 6.08 Å². The molecule has 12 heavy (non-hydrogen) atoms. The lowest BCUT2D eigenvalue weighted by Crippen LogP contribution is -2.19. The third kappa shape index (κ3) is 5.04. The van der Waals surface area contributed by atoms with E-state index in [1.807, 2.05) is 0 Å². The average molecular weight is 230 g/mol. The summed E-state index contributed by atoms with van der Waals surface area (Å²) in [5.41, 5.74) is -0.913. The number of allylic oxidation sites excluding steroid dienone is 1. The Labute approximate surface area is 87.6 Å². The maximum atomic E-state index is 9.47. The average Bonchev–Trinajstić information content (AvgIpc) is 2.00. The summed E-state index contributed by atoms with van der Waals surface area (Å²) in [6.07, 6.45) is 2.36. The molecule has 0 aromatic rings. The molecular weight excluding hydrogens is 218 g/mol. The van der Waals surface area contributed by atoms with Crippen LogP contribution in [0.15, 0.2) is 22.2 Å². The molecule has 0 aliphatic rings. The minimum atomic E-state index is -0.913. The maximum absolute atomic E-state index is 9.47. The fraction of sp³-hybridized carbons (Fsp3) is 0.500. The van der Waals surface area contributed by atoms with Crippen molar-refractivity contribution in [3.63, 3.8) is 0 Å². The number of rotatable bonds is 4. The van der Waals surface area contributed by atoms with Crippen LogP contribution in [0.3, 0.4) is 0 Å². The maximum Gasteiger partial charge on any atom is 0.121 e. The van der Waals surface area contributed by atoms with Crippen molar-refractivity contribution in [3.8, 4) is 0 Å². The van der Waals surface area contributed by atoms with Crippen molar-refractivity contribution in [2.24, 2.45) is 0 Å². The molecule has 1 unspecified atom stereocenters. The zero-order chi connectivity index (χ0) is 9.78. The van der Waals surface area contributed by atoms with Gasteiger partial charge in [0.05, 0.1) is 5.60 Å². The van der Waals surface area contributed by atoms with Crippen LogP contribution in [0, 0.1) is 0 Å². The van der Waals surface area contributed by atoms with Crippen molar-refractivity contribution < 1.29 is 5.11 Å². The van der Waals surface area contributed by atoms with E-state index in [2.05, 4.69) is 6.58 Å². The lowest BCUT2D eigenvalue weighted by Gasteiger charge is -2.17. The fourth-order valence-corrected chi connectivity index (χ4v) is 0.843. The molecule has 0 aliphatic carbocycles. The molecule has 0 aromatic heterocycles. The van der Waals surface area contributed by atoms with Crippen LogP contribution in [0.4, 0.5) is 0 Å². The van der Waals surface area contributed by atoms with Crippen LogP contribution in [0.25, 0.3) is 0 Å². The standard InChI is InChI=1S/C8H11Cl3O/c1-3-8(2,12)5-4-6(9)7(10)11/h3,12H,1,4-5H2,2H3. The van der Waals surface area contributed by atoms with Gasteiger partial charge in [0.25, 0.3) is 0 Å². The predicted molar refractivity (Wildman–Crippen MR) is 54.6 cm³/mol. The van der Waals surface area contributed by atoms with Gasteiger partial charge in [0.1, 0.15) is 4.49 Å². The van der Waals surface area contributed by atoms with Crippen LogP contribution in [-0.4, -0.2) is 10.7 Å². The second kappa shape index (κ2) is 5.13. The molecule has 0 spiro atoms. The molecular formula is C8H11Cl3O. The summed E-state index contributed by atoms with van der Waals surface area (Å²) in [6, 6.07) is 0. The summed E-state index contributed by atoms with van der Waals surface area (Å²) >= 11 is 16.5. The van der Waals surface area contributed by atoms with E-state index >= 15 is 0 Å². The van der Waals surface area contributed by atoms with E-state index < -0.39 is 5.60 Å². The van der Waals surface area contributed by atoms with Crippen molar-refractivity contribution in [1.29, 1.82) is 0 Å². The molecule has 4 heteroatoms. The van der Waals surface area contributed by atoms with Gasteiger partial charge < -0.3 is 5.11 Å². The Morgan fingerprint density at radius 3 is 2.33 bits per heavy atom. The minimum absolute atomic E-state index is 0.0523. The molecule has 1 N–H and O–H groups in total. The Morgan fingerprint density at radius 1 is 1.50 bits per heavy atom. The zero-order valence-electron chi connectivity index (χ0n) is 6.78. The topological polar surface area (TPSA) is 20.2 Å². The van der Waals surface area contributed by atoms with Gasteiger partial charge in [-0.15, -0.1) is 6.58 Å². The first kappa shape index (κ1) is 12.3. The van der Waals surface area contributed by atoms with E-state index in [-0.39, 0.29) is 4.49 Å². The quantitative estimate of drug-likeness (QED) is 0.731. The second-order valence-electron chi connectivity index (χ2n) is 2.73. The van der Waals surface area contributed by atoms with Gasteiger partial charge in [-0.05, 0) is 19.8 Å². The highest BCUT2D eigenvalue weighted by Crippen LogP contribution is 2.25. The van der Waals surface area contributed by atoms with Crippen molar-refractivity contribution in [3.05, 3.63) is 22.2 Å². The Morgan fingerprint density at radius 2 is 2.00 bits per heavy atom. The lowest BCUT2D eigenvalue weighted by molar-refractivity contribution is 0.103. The second-order valence-corrected chi connectivity index (χ2v) is 4.13. The summed E-state index contributed by atoms with van der Waals surface area (Å²) in [5.74, 6) is 0. The minimum Gasteiger partial charge on any atom is -0.386 e. The van der Waals surface area contributed by atoms with Crippen molar-refractivity contribution in [1.82, 2.24) is 0 Å². The Bertz CT molecular complexity index is 192. The molecule has 0 aliphatic heterocycles. The highest BCUT2D eigenvalue weighted by atomic mass is 35.5. The summed E-state index contributed by atoms with van der Waals surface area (Å²) in [6.45, 7) is 5.13. The molecule has 0 saturated carbocycles. The first-order valence-electron chi connectivity index (χ1n) is 3.44. The highest BCUT2D eigenvalue weighted by Gasteiger charge is 2.15. The number of aliphatic hydroxyl groups is 1. The summed E-state index contributed by atoms with van der Waals surface area (Å²) in [4.78, 5) is 0. The molecule has 0 heterocycles. The van der Waals surface area contributed by atoms with E-state index in [0.29, 0.717) is 17.9 Å². The summed E-state index contributed by atoms with van der Waals surface area (Å²) in [7, 11) is 0. The Balaban J connectivity index is 4.00. The zero-order valence-corrected chi connectivity index (χ0v) is 9.05. The van der Waals surface area contributed by atoms with Gasteiger partial charge in [0, 0.05) is 5.03 Å². The first-order chi connectivity index (χ1) is 5.39. The van der Waals surface area contributed by atoms with E-state index in [4.69, 9.17) is 34.8 Å². The van der Waals surface area contributed by atoms with Gasteiger partial charge in [-0.25, -0.2) is 0 Å². The van der Waals surface area contributed by atoms with Crippen molar-refractivity contribution in [2.75, 3.05) is 0 Å². The first-order valence-corrected chi connectivity index (χ1v) is 4.58. The Hall–Kier alpha value is 0.310. The summed E-state index contributed by atoms with van der Waals surface area (Å²) < 4.78 is 0.0523. The predicted octanol–water partition coefficient (Wildman–Crippen LogP) is 3.59. The number of hydrogen-bond donors (Lipinski definition) is 1. The van der Waals surface area contributed by atoms with Crippen LogP contribution in [0.5, 0.6) is 0 Å². The van der Waals surface area contributed by atoms with E-state index in [9.17, 15) is 5.11 Å². The fourth-order valence-electron chi connectivity index (χ4n) is 0.559. The molecule has 0 rings (SSSR count). The third-order valence-corrected chi connectivity index (χ3v) is 2.52. The third-order valence-electron chi connectivity index (χ3n) is 1.50. The van der Waals surface area contributed by atoms with Crippen LogP contribution >= 0.6 is 34.8 Å².